The van der Waals surface area contributed by atoms with Crippen LogP contribution in [0.5, 0.6) is 0 Å². The average Bonchev–Trinajstić information content (AvgIpc) is 3.34. The van der Waals surface area contributed by atoms with Gasteiger partial charge in [-0.25, -0.2) is 8.78 Å². The molecule has 2 saturated heterocycles. The van der Waals surface area contributed by atoms with E-state index in [2.05, 4.69) is 51.1 Å². The summed E-state index contributed by atoms with van der Waals surface area (Å²) in [4.78, 5) is 0. The first kappa shape index (κ1) is 52.0. The van der Waals surface area contributed by atoms with Gasteiger partial charge in [-0.15, -0.1) is 0 Å². The number of hydrogen-bond donors (Lipinski definition) is 0. The van der Waals surface area contributed by atoms with E-state index in [0.717, 1.165) is 80.8 Å². The Hall–Kier alpha value is -3.93. The summed E-state index contributed by atoms with van der Waals surface area (Å²) in [6.07, 6.45) is 25.6. The second-order valence-electron chi connectivity index (χ2n) is 18.6. The molecule has 0 aliphatic carbocycles. The SMILES string of the molecule is CCCCCCCC1COC(CCc2ccc(-c3ccc(C#N)cc3)c(F)c2)OC1.CCCCCCCc1ccc(-c2ccc(CCC3OCC(CCCCCCC)CO3)cc2F)cc1. The zero-order chi connectivity index (χ0) is 45.9. The summed E-state index contributed by atoms with van der Waals surface area (Å²) in [6.45, 7) is 9.85. The minimum atomic E-state index is -0.245. The summed E-state index contributed by atoms with van der Waals surface area (Å²) in [5, 5.41) is 8.89. The standard InChI is InChI=1S/C32H47FO2.C26H32FNO2/c1-3-5-7-9-11-13-26-15-19-29(20-16-26)30-21-17-27(23-31(30)33)18-22-32-34-24-28(25-35-32)14-12-10-8-6-4-2;1-2-3-4-5-6-7-22-18-29-26(30-19-22)15-11-20-10-14-24(25(27)16-20)23-12-8-21(17-28)9-13-23/h15-17,19-21,23,28,32H,3-14,18,22,24-25H2,1-2H3;8-10,12-14,16,22,26H,2-7,11,15,18-19H2,1H3. The van der Waals surface area contributed by atoms with Gasteiger partial charge in [-0.05, 0) is 90.6 Å². The fourth-order valence-corrected chi connectivity index (χ4v) is 8.88. The second-order valence-corrected chi connectivity index (χ2v) is 18.6. The van der Waals surface area contributed by atoms with E-state index >= 15 is 0 Å². The first-order valence-electron chi connectivity index (χ1n) is 25.5. The van der Waals surface area contributed by atoms with Gasteiger partial charge in [0.2, 0.25) is 0 Å². The highest BCUT2D eigenvalue weighted by molar-refractivity contribution is 5.66. The Morgan fingerprint density at radius 2 is 0.831 bits per heavy atom. The maximum Gasteiger partial charge on any atom is 0.157 e. The van der Waals surface area contributed by atoms with Crippen molar-refractivity contribution in [2.45, 2.75) is 175 Å². The van der Waals surface area contributed by atoms with Gasteiger partial charge >= 0.3 is 0 Å². The zero-order valence-electron chi connectivity index (χ0n) is 40.1. The molecule has 0 bridgehead atoms. The lowest BCUT2D eigenvalue weighted by atomic mass is 9.98. The van der Waals surface area contributed by atoms with E-state index in [1.807, 2.05) is 24.3 Å². The van der Waals surface area contributed by atoms with E-state index in [-0.39, 0.29) is 24.2 Å². The van der Waals surface area contributed by atoms with E-state index < -0.39 is 0 Å². The van der Waals surface area contributed by atoms with Crippen LogP contribution in [0.15, 0.2) is 84.9 Å². The van der Waals surface area contributed by atoms with E-state index in [4.69, 9.17) is 24.2 Å². The van der Waals surface area contributed by atoms with E-state index in [1.165, 1.54) is 115 Å². The normalized spacial score (nSPS) is 18.5. The number of nitrogens with zero attached hydrogens (tertiary/aromatic N) is 1. The molecule has 4 aromatic carbocycles. The molecular weight excluding hydrogens is 813 g/mol. The maximum absolute atomic E-state index is 14.9. The smallest absolute Gasteiger partial charge is 0.157 e. The molecule has 0 unspecified atom stereocenters. The van der Waals surface area contributed by atoms with Crippen molar-refractivity contribution in [2.24, 2.45) is 11.8 Å². The first-order valence-corrected chi connectivity index (χ1v) is 25.5. The number of nitriles is 1. The van der Waals surface area contributed by atoms with E-state index in [0.29, 0.717) is 28.5 Å². The van der Waals surface area contributed by atoms with Crippen LogP contribution >= 0.6 is 0 Å². The minimum Gasteiger partial charge on any atom is -0.352 e. The molecule has 2 heterocycles. The number of unbranched alkanes of at least 4 members (excludes halogenated alkanes) is 12. The predicted octanol–water partition coefficient (Wildman–Crippen LogP) is 15.9. The summed E-state index contributed by atoms with van der Waals surface area (Å²) < 4.78 is 53.2. The monoisotopic (exact) mass is 892 g/mol. The van der Waals surface area contributed by atoms with Crippen LogP contribution in [0, 0.1) is 34.8 Å². The van der Waals surface area contributed by atoms with Gasteiger partial charge in [0.1, 0.15) is 11.6 Å². The molecule has 354 valence electrons. The van der Waals surface area contributed by atoms with Crippen LogP contribution in [-0.4, -0.2) is 39.0 Å². The molecule has 0 atom stereocenters. The lowest BCUT2D eigenvalue weighted by Gasteiger charge is -2.29. The molecule has 0 N–H and O–H groups in total. The van der Waals surface area contributed by atoms with Crippen molar-refractivity contribution in [1.29, 1.82) is 5.26 Å². The van der Waals surface area contributed by atoms with Gasteiger partial charge < -0.3 is 18.9 Å². The molecule has 2 aliphatic rings. The third-order valence-corrected chi connectivity index (χ3v) is 13.1. The molecule has 6 rings (SSSR count). The van der Waals surface area contributed by atoms with Gasteiger partial charge in [0.15, 0.2) is 12.6 Å². The number of hydrogen-bond acceptors (Lipinski definition) is 5. The summed E-state index contributed by atoms with van der Waals surface area (Å²) in [6, 6.07) is 28.5. The van der Waals surface area contributed by atoms with Crippen molar-refractivity contribution in [3.8, 4) is 28.3 Å². The number of rotatable bonds is 26. The average molecular weight is 892 g/mol. The Kier molecular flexibility index (Phi) is 24.3. The van der Waals surface area contributed by atoms with E-state index in [1.54, 1.807) is 36.4 Å². The Labute approximate surface area is 391 Å². The van der Waals surface area contributed by atoms with Gasteiger partial charge in [0.25, 0.3) is 0 Å². The van der Waals surface area contributed by atoms with Crippen LogP contribution in [0.4, 0.5) is 8.78 Å². The summed E-state index contributed by atoms with van der Waals surface area (Å²) >= 11 is 0. The van der Waals surface area contributed by atoms with Crippen molar-refractivity contribution in [2.75, 3.05) is 26.4 Å². The summed E-state index contributed by atoms with van der Waals surface area (Å²) in [7, 11) is 0. The fraction of sp³-hybridized carbons (Fsp3) is 0.569. The van der Waals surface area contributed by atoms with Crippen molar-refractivity contribution in [3.05, 3.63) is 119 Å². The predicted molar refractivity (Wildman–Crippen MR) is 263 cm³/mol. The molecule has 0 spiro atoms. The van der Waals surface area contributed by atoms with Crippen molar-refractivity contribution < 1.29 is 27.7 Å². The molecule has 4 aromatic rings. The third kappa shape index (κ3) is 19.1. The highest BCUT2D eigenvalue weighted by Gasteiger charge is 2.23. The van der Waals surface area contributed by atoms with Gasteiger partial charge in [-0.3, -0.25) is 0 Å². The molecule has 0 aromatic heterocycles. The molecule has 0 saturated carbocycles. The van der Waals surface area contributed by atoms with Crippen LogP contribution in [0.3, 0.4) is 0 Å². The summed E-state index contributed by atoms with van der Waals surface area (Å²) in [5.41, 5.74) is 6.80. The van der Waals surface area contributed by atoms with Crippen molar-refractivity contribution >= 4 is 0 Å². The lowest BCUT2D eigenvalue weighted by Crippen LogP contribution is -2.32. The molecule has 7 heteroatoms. The number of aryl methyl sites for hydroxylation is 3. The Bertz CT molecular complexity index is 1930. The van der Waals surface area contributed by atoms with Crippen LogP contribution in [-0.2, 0) is 38.2 Å². The number of benzene rings is 4. The lowest BCUT2D eigenvalue weighted by molar-refractivity contribution is -0.203. The number of ether oxygens (including phenoxy) is 4. The number of halogens is 2. The minimum absolute atomic E-state index is 0.150. The molecule has 5 nitrogen and oxygen atoms in total. The topological polar surface area (TPSA) is 60.7 Å². The fourth-order valence-electron chi connectivity index (χ4n) is 8.88. The maximum atomic E-state index is 14.9. The Morgan fingerprint density at radius 3 is 1.23 bits per heavy atom. The zero-order valence-corrected chi connectivity index (χ0v) is 40.1. The molecular formula is C58H79F2NO4. The first-order chi connectivity index (χ1) is 31.9. The highest BCUT2D eigenvalue weighted by atomic mass is 19.1. The van der Waals surface area contributed by atoms with Crippen molar-refractivity contribution in [1.82, 2.24) is 0 Å². The van der Waals surface area contributed by atoms with Crippen LogP contribution in [0.25, 0.3) is 22.3 Å². The molecule has 0 radical (unpaired) electrons. The molecule has 2 aliphatic heterocycles. The van der Waals surface area contributed by atoms with Gasteiger partial charge in [0, 0.05) is 35.8 Å². The summed E-state index contributed by atoms with van der Waals surface area (Å²) in [5.74, 6) is 0.637. The third-order valence-electron chi connectivity index (χ3n) is 13.1. The molecule has 65 heavy (non-hydrogen) atoms. The van der Waals surface area contributed by atoms with Gasteiger partial charge in [-0.1, -0.05) is 171 Å². The molecule has 0 amide bonds. The largest absolute Gasteiger partial charge is 0.352 e. The quantitative estimate of drug-likeness (QED) is 0.0588. The Balaban J connectivity index is 0.000000247. The van der Waals surface area contributed by atoms with Gasteiger partial charge in [0.05, 0.1) is 38.1 Å². The molecule has 2 fully saturated rings. The van der Waals surface area contributed by atoms with E-state index in [9.17, 15) is 8.78 Å². The Morgan fingerprint density at radius 1 is 0.446 bits per heavy atom. The van der Waals surface area contributed by atoms with Crippen LogP contribution in [0.2, 0.25) is 0 Å². The van der Waals surface area contributed by atoms with Gasteiger partial charge in [-0.2, -0.15) is 5.26 Å². The van der Waals surface area contributed by atoms with Crippen LogP contribution < -0.4 is 0 Å². The highest BCUT2D eigenvalue weighted by Crippen LogP contribution is 2.28. The van der Waals surface area contributed by atoms with Crippen LogP contribution in [0.1, 0.15) is 165 Å². The second kappa shape index (κ2) is 30.4. The van der Waals surface area contributed by atoms with Crippen molar-refractivity contribution in [3.63, 3.8) is 0 Å².